The van der Waals surface area contributed by atoms with E-state index in [1.807, 2.05) is 6.07 Å². The lowest BCUT2D eigenvalue weighted by atomic mass is 9.87. The zero-order chi connectivity index (χ0) is 20.1. The summed E-state index contributed by atoms with van der Waals surface area (Å²) in [5.74, 6) is -0.398. The van der Waals surface area contributed by atoms with Crippen molar-refractivity contribution in [3.63, 3.8) is 0 Å². The zero-order valence-corrected chi connectivity index (χ0v) is 16.6. The van der Waals surface area contributed by atoms with Gasteiger partial charge in [-0.25, -0.2) is 9.78 Å². The van der Waals surface area contributed by atoms with Crippen molar-refractivity contribution in [2.45, 2.75) is 18.4 Å². The highest BCUT2D eigenvalue weighted by atomic mass is 16.5. The van der Waals surface area contributed by atoms with E-state index in [-0.39, 0.29) is 11.2 Å². The molecule has 0 amide bonds. The number of hydrogen-bond acceptors (Lipinski definition) is 6. The summed E-state index contributed by atoms with van der Waals surface area (Å²) in [5, 5.41) is 12.6. The number of carbonyl (C=O) groups is 1. The van der Waals surface area contributed by atoms with Crippen molar-refractivity contribution in [3.05, 3.63) is 54.2 Å². The van der Waals surface area contributed by atoms with E-state index in [1.165, 1.54) is 11.8 Å². The van der Waals surface area contributed by atoms with Crippen LogP contribution in [0.2, 0.25) is 0 Å². The van der Waals surface area contributed by atoms with Gasteiger partial charge in [0.05, 0.1) is 0 Å². The number of para-hydroxylation sites is 1. The number of carboxylic acid groups (broad SMARTS) is 1. The predicted molar refractivity (Wildman–Crippen MR) is 113 cm³/mol. The molecule has 4 rings (SSSR count). The molecule has 2 aromatic rings. The Labute approximate surface area is 171 Å². The van der Waals surface area contributed by atoms with Crippen LogP contribution in [-0.2, 0) is 4.74 Å². The molecule has 29 heavy (non-hydrogen) atoms. The van der Waals surface area contributed by atoms with E-state index >= 15 is 0 Å². The van der Waals surface area contributed by atoms with Crippen LogP contribution in [0.5, 0.6) is 0 Å². The molecule has 1 aromatic carbocycles. The first kappa shape index (κ1) is 19.7. The highest BCUT2D eigenvalue weighted by molar-refractivity contribution is 5.85. The Morgan fingerprint density at radius 1 is 1.03 bits per heavy atom. The van der Waals surface area contributed by atoms with E-state index in [1.54, 1.807) is 6.07 Å². The molecule has 3 heterocycles. The number of aromatic carboxylic acids is 1. The lowest BCUT2D eigenvalue weighted by Gasteiger charge is -2.50. The number of benzene rings is 1. The summed E-state index contributed by atoms with van der Waals surface area (Å²) in [4.78, 5) is 20.4. The minimum Gasteiger partial charge on any atom is -0.477 e. The summed E-state index contributed by atoms with van der Waals surface area (Å²) >= 11 is 0. The van der Waals surface area contributed by atoms with E-state index in [2.05, 4.69) is 50.4 Å². The Hall–Kier alpha value is -2.64. The number of anilines is 2. The Morgan fingerprint density at radius 2 is 1.76 bits per heavy atom. The smallest absolute Gasteiger partial charge is 0.354 e. The molecule has 2 N–H and O–H groups in total. The number of hydrogen-bond donors (Lipinski definition) is 2. The average Bonchev–Trinajstić information content (AvgIpc) is 2.79. The monoisotopic (exact) mass is 396 g/mol. The average molecular weight is 396 g/mol. The third-order valence-electron chi connectivity index (χ3n) is 6.06. The topological polar surface area (TPSA) is 77.9 Å². The van der Waals surface area contributed by atoms with Crippen molar-refractivity contribution in [2.24, 2.45) is 0 Å². The van der Waals surface area contributed by atoms with Crippen molar-refractivity contribution in [1.82, 2.24) is 9.88 Å². The van der Waals surface area contributed by atoms with Gasteiger partial charge >= 0.3 is 5.97 Å². The lowest BCUT2D eigenvalue weighted by molar-refractivity contribution is -0.0241. The van der Waals surface area contributed by atoms with Gasteiger partial charge in [0.25, 0.3) is 0 Å². The molecule has 2 saturated heterocycles. The Bertz CT molecular complexity index is 816. The molecule has 2 aliphatic rings. The molecular weight excluding hydrogens is 368 g/mol. The number of ether oxygens (including phenoxy) is 1. The van der Waals surface area contributed by atoms with Crippen molar-refractivity contribution in [1.29, 1.82) is 0 Å². The SMILES string of the molecule is O=C(O)c1cccc(NCC2(N3CCN(c4ccccc4)CC3)CCOCC2)n1. The Balaban J connectivity index is 1.43. The molecule has 0 atom stereocenters. The molecule has 0 bridgehead atoms. The summed E-state index contributed by atoms with van der Waals surface area (Å²) in [6.07, 6.45) is 1.92. The first-order valence-electron chi connectivity index (χ1n) is 10.2. The largest absolute Gasteiger partial charge is 0.477 e. The van der Waals surface area contributed by atoms with Crippen molar-refractivity contribution in [3.8, 4) is 0 Å². The fourth-order valence-electron chi connectivity index (χ4n) is 4.34. The molecule has 2 fully saturated rings. The van der Waals surface area contributed by atoms with E-state index in [0.29, 0.717) is 5.82 Å². The maximum absolute atomic E-state index is 11.2. The molecule has 0 radical (unpaired) electrons. The van der Waals surface area contributed by atoms with Gasteiger partial charge in [0.15, 0.2) is 5.69 Å². The number of aromatic nitrogens is 1. The van der Waals surface area contributed by atoms with E-state index in [4.69, 9.17) is 4.74 Å². The van der Waals surface area contributed by atoms with E-state index in [0.717, 1.165) is 58.8 Å². The number of nitrogens with zero attached hydrogens (tertiary/aromatic N) is 3. The van der Waals surface area contributed by atoms with Crippen molar-refractivity contribution >= 4 is 17.5 Å². The number of piperazine rings is 1. The second kappa shape index (κ2) is 8.80. The van der Waals surface area contributed by atoms with Gasteiger partial charge in [0, 0.05) is 57.2 Å². The summed E-state index contributed by atoms with van der Waals surface area (Å²) in [5.41, 5.74) is 1.34. The third kappa shape index (κ3) is 4.52. The summed E-state index contributed by atoms with van der Waals surface area (Å²) in [7, 11) is 0. The van der Waals surface area contributed by atoms with Crippen molar-refractivity contribution in [2.75, 3.05) is 56.2 Å². The minimum atomic E-state index is -1.01. The molecule has 0 unspecified atom stereocenters. The fraction of sp³-hybridized carbons (Fsp3) is 0.455. The highest BCUT2D eigenvalue weighted by Gasteiger charge is 2.39. The standard InChI is InChI=1S/C22H28N4O3/c27-21(28)19-7-4-8-20(24-19)23-17-22(9-15-29-16-10-22)26-13-11-25(12-14-26)18-5-2-1-3-6-18/h1-8H,9-17H2,(H,23,24)(H,27,28). The molecule has 7 heteroatoms. The third-order valence-corrected chi connectivity index (χ3v) is 6.06. The molecular formula is C22H28N4O3. The summed E-state index contributed by atoms with van der Waals surface area (Å²) in [6.45, 7) is 6.24. The van der Waals surface area contributed by atoms with Gasteiger partial charge in [-0.2, -0.15) is 0 Å². The van der Waals surface area contributed by atoms with Gasteiger partial charge < -0.3 is 20.1 Å². The first-order chi connectivity index (χ1) is 14.2. The van der Waals surface area contributed by atoms with Gasteiger partial charge in [-0.05, 0) is 37.1 Å². The van der Waals surface area contributed by atoms with Crippen LogP contribution in [0.1, 0.15) is 23.3 Å². The van der Waals surface area contributed by atoms with Crippen LogP contribution in [0.4, 0.5) is 11.5 Å². The normalized spacial score (nSPS) is 19.7. The predicted octanol–water partition coefficient (Wildman–Crippen LogP) is 2.56. The van der Waals surface area contributed by atoms with Crippen LogP contribution in [0.3, 0.4) is 0 Å². The van der Waals surface area contributed by atoms with Crippen LogP contribution in [-0.4, -0.2) is 72.4 Å². The number of rotatable bonds is 6. The highest BCUT2D eigenvalue weighted by Crippen LogP contribution is 2.30. The second-order valence-electron chi connectivity index (χ2n) is 7.71. The van der Waals surface area contributed by atoms with E-state index < -0.39 is 5.97 Å². The van der Waals surface area contributed by atoms with Crippen molar-refractivity contribution < 1.29 is 14.6 Å². The van der Waals surface area contributed by atoms with Gasteiger partial charge in [-0.1, -0.05) is 24.3 Å². The number of nitrogens with one attached hydrogen (secondary N) is 1. The van der Waals surface area contributed by atoms with Gasteiger partial charge in [0.1, 0.15) is 5.82 Å². The Morgan fingerprint density at radius 3 is 2.45 bits per heavy atom. The molecule has 0 aliphatic carbocycles. The van der Waals surface area contributed by atoms with E-state index in [9.17, 15) is 9.90 Å². The second-order valence-corrected chi connectivity index (χ2v) is 7.71. The van der Waals surface area contributed by atoms with Gasteiger partial charge in [-0.15, -0.1) is 0 Å². The Kier molecular flexibility index (Phi) is 5.97. The van der Waals surface area contributed by atoms with Crippen LogP contribution in [0, 0.1) is 0 Å². The van der Waals surface area contributed by atoms with Crippen LogP contribution in [0.15, 0.2) is 48.5 Å². The summed E-state index contributed by atoms with van der Waals surface area (Å²) in [6, 6.07) is 15.6. The quantitative estimate of drug-likeness (QED) is 0.777. The van der Waals surface area contributed by atoms with Crippen LogP contribution < -0.4 is 10.2 Å². The lowest BCUT2D eigenvalue weighted by Crippen LogP contribution is -2.61. The number of pyridine rings is 1. The molecule has 0 spiro atoms. The summed E-state index contributed by atoms with van der Waals surface area (Å²) < 4.78 is 5.65. The molecule has 0 saturated carbocycles. The maximum atomic E-state index is 11.2. The minimum absolute atomic E-state index is 0.00192. The first-order valence-corrected chi connectivity index (χ1v) is 10.2. The van der Waals surface area contributed by atoms with Gasteiger partial charge in [-0.3, -0.25) is 4.90 Å². The zero-order valence-electron chi connectivity index (χ0n) is 16.6. The van der Waals surface area contributed by atoms with Crippen LogP contribution >= 0.6 is 0 Å². The maximum Gasteiger partial charge on any atom is 0.354 e. The van der Waals surface area contributed by atoms with Crippen LogP contribution in [0.25, 0.3) is 0 Å². The molecule has 2 aliphatic heterocycles. The number of carboxylic acids is 1. The molecule has 1 aromatic heterocycles. The van der Waals surface area contributed by atoms with Gasteiger partial charge in [0.2, 0.25) is 0 Å². The fourth-order valence-corrected chi connectivity index (χ4v) is 4.34. The molecule has 7 nitrogen and oxygen atoms in total. The molecule has 154 valence electrons.